The first kappa shape index (κ1) is 13.3. The molecule has 1 unspecified atom stereocenters. The van der Waals surface area contributed by atoms with Crippen LogP contribution >= 0.6 is 23.2 Å². The van der Waals surface area contributed by atoms with E-state index in [-0.39, 0.29) is 10.8 Å². The summed E-state index contributed by atoms with van der Waals surface area (Å²) in [6.07, 6.45) is 0.431. The third kappa shape index (κ3) is 3.21. The molecule has 0 fully saturated rings. The largest absolute Gasteiger partial charge is 0.207 e. The summed E-state index contributed by atoms with van der Waals surface area (Å²) in [4.78, 5) is 0. The highest BCUT2D eigenvalue weighted by Crippen LogP contribution is 2.27. The fraction of sp³-hybridized carbons (Fsp3) is 0.143. The molecule has 0 saturated heterocycles. The van der Waals surface area contributed by atoms with Crippen molar-refractivity contribution in [2.24, 2.45) is 0 Å². The number of alkyl halides is 1. The molecule has 0 radical (unpaired) electrons. The zero-order valence-electron chi connectivity index (χ0n) is 9.34. The summed E-state index contributed by atoms with van der Waals surface area (Å²) in [6, 6.07) is 10.6. The molecule has 0 N–H and O–H groups in total. The molecule has 2 rings (SSSR count). The fourth-order valence-electron chi connectivity index (χ4n) is 1.70. The fourth-order valence-corrected chi connectivity index (χ4v) is 2.13. The van der Waals surface area contributed by atoms with Gasteiger partial charge in [-0.15, -0.1) is 11.6 Å². The lowest BCUT2D eigenvalue weighted by atomic mass is 10.0. The maximum Gasteiger partial charge on any atom is 0.142 e. The number of hydrogen-bond acceptors (Lipinski definition) is 0. The number of benzene rings is 2. The zero-order chi connectivity index (χ0) is 13.1. The van der Waals surface area contributed by atoms with E-state index in [0.717, 1.165) is 5.56 Å². The maximum absolute atomic E-state index is 13.3. The highest BCUT2D eigenvalue weighted by molar-refractivity contribution is 6.30. The summed E-state index contributed by atoms with van der Waals surface area (Å²) < 4.78 is 26.3. The molecule has 0 aliphatic carbocycles. The molecule has 0 nitrogen and oxygen atoms in total. The van der Waals surface area contributed by atoms with E-state index in [1.54, 1.807) is 18.2 Å². The first-order chi connectivity index (χ1) is 8.56. The molecule has 0 bridgehead atoms. The van der Waals surface area contributed by atoms with Crippen molar-refractivity contribution in [1.82, 2.24) is 0 Å². The lowest BCUT2D eigenvalue weighted by Gasteiger charge is -2.10. The minimum absolute atomic E-state index is 0.0633. The molecule has 2 aromatic rings. The SMILES string of the molecule is Fc1cccc(CC(Cl)c2ccc(Cl)c(F)c2)c1. The summed E-state index contributed by atoms with van der Waals surface area (Å²) in [5.41, 5.74) is 1.40. The average Bonchev–Trinajstić information content (AvgIpc) is 2.32. The molecule has 0 aliphatic heterocycles. The molecule has 0 amide bonds. The predicted molar refractivity (Wildman–Crippen MR) is 70.1 cm³/mol. The van der Waals surface area contributed by atoms with Crippen LogP contribution in [0.3, 0.4) is 0 Å². The van der Waals surface area contributed by atoms with Crippen LogP contribution in [0.5, 0.6) is 0 Å². The Morgan fingerprint density at radius 3 is 2.50 bits per heavy atom. The van der Waals surface area contributed by atoms with Crippen LogP contribution in [0.25, 0.3) is 0 Å². The van der Waals surface area contributed by atoms with Gasteiger partial charge in [0.05, 0.1) is 10.4 Å². The Kier molecular flexibility index (Phi) is 4.20. The Bertz CT molecular complexity index is 555. The molecular weight excluding hydrogens is 277 g/mol. The Morgan fingerprint density at radius 1 is 1.06 bits per heavy atom. The van der Waals surface area contributed by atoms with Crippen molar-refractivity contribution in [2.45, 2.75) is 11.8 Å². The van der Waals surface area contributed by atoms with Crippen molar-refractivity contribution in [3.63, 3.8) is 0 Å². The average molecular weight is 287 g/mol. The van der Waals surface area contributed by atoms with E-state index in [4.69, 9.17) is 23.2 Å². The van der Waals surface area contributed by atoms with Crippen molar-refractivity contribution in [1.29, 1.82) is 0 Å². The van der Waals surface area contributed by atoms with Gasteiger partial charge >= 0.3 is 0 Å². The highest BCUT2D eigenvalue weighted by atomic mass is 35.5. The smallest absolute Gasteiger partial charge is 0.142 e. The van der Waals surface area contributed by atoms with E-state index < -0.39 is 11.2 Å². The molecule has 94 valence electrons. The van der Waals surface area contributed by atoms with Gasteiger partial charge in [-0.25, -0.2) is 8.78 Å². The highest BCUT2D eigenvalue weighted by Gasteiger charge is 2.11. The van der Waals surface area contributed by atoms with Gasteiger partial charge in [0.2, 0.25) is 0 Å². The first-order valence-electron chi connectivity index (χ1n) is 5.40. The van der Waals surface area contributed by atoms with Gasteiger partial charge in [0.25, 0.3) is 0 Å². The Morgan fingerprint density at radius 2 is 1.83 bits per heavy atom. The van der Waals surface area contributed by atoms with Crippen LogP contribution in [-0.2, 0) is 6.42 Å². The Balaban J connectivity index is 2.16. The van der Waals surface area contributed by atoms with Crippen molar-refractivity contribution in [2.75, 3.05) is 0 Å². The third-order valence-electron chi connectivity index (χ3n) is 2.61. The Labute approximate surface area is 114 Å². The minimum atomic E-state index is -0.501. The topological polar surface area (TPSA) is 0 Å². The quantitative estimate of drug-likeness (QED) is 0.685. The summed E-state index contributed by atoms with van der Waals surface area (Å²) in [5.74, 6) is -0.808. The normalized spacial score (nSPS) is 12.4. The molecule has 0 aromatic heterocycles. The van der Waals surface area contributed by atoms with Crippen LogP contribution in [0.1, 0.15) is 16.5 Å². The number of rotatable bonds is 3. The maximum atomic E-state index is 13.3. The molecule has 4 heteroatoms. The van der Waals surface area contributed by atoms with Gasteiger partial charge in [-0.3, -0.25) is 0 Å². The van der Waals surface area contributed by atoms with E-state index in [2.05, 4.69) is 0 Å². The predicted octanol–water partition coefficient (Wildman–Crippen LogP) is 5.14. The Hall–Kier alpha value is -1.12. The van der Waals surface area contributed by atoms with E-state index in [1.807, 2.05) is 0 Å². The van der Waals surface area contributed by atoms with Gasteiger partial charge in [-0.2, -0.15) is 0 Å². The van der Waals surface area contributed by atoms with Crippen LogP contribution in [0, 0.1) is 11.6 Å². The van der Waals surface area contributed by atoms with Crippen LogP contribution in [0.4, 0.5) is 8.78 Å². The number of halogens is 4. The first-order valence-corrected chi connectivity index (χ1v) is 6.21. The van der Waals surface area contributed by atoms with E-state index >= 15 is 0 Å². The molecule has 0 spiro atoms. The van der Waals surface area contributed by atoms with Crippen LogP contribution in [0.15, 0.2) is 42.5 Å². The van der Waals surface area contributed by atoms with Crippen molar-refractivity contribution in [3.8, 4) is 0 Å². The van der Waals surface area contributed by atoms with Crippen molar-refractivity contribution in [3.05, 3.63) is 70.2 Å². The van der Waals surface area contributed by atoms with E-state index in [1.165, 1.54) is 24.3 Å². The van der Waals surface area contributed by atoms with Gasteiger partial charge in [0, 0.05) is 0 Å². The minimum Gasteiger partial charge on any atom is -0.207 e. The van der Waals surface area contributed by atoms with Gasteiger partial charge in [-0.1, -0.05) is 29.8 Å². The molecule has 0 saturated carbocycles. The number of hydrogen-bond donors (Lipinski definition) is 0. The second kappa shape index (κ2) is 5.68. The van der Waals surface area contributed by atoms with Crippen molar-refractivity contribution < 1.29 is 8.78 Å². The third-order valence-corrected chi connectivity index (χ3v) is 3.32. The summed E-state index contributed by atoms with van der Waals surface area (Å²) in [7, 11) is 0. The summed E-state index contributed by atoms with van der Waals surface area (Å²) in [6.45, 7) is 0. The second-order valence-corrected chi connectivity index (χ2v) is 4.91. The molecule has 18 heavy (non-hydrogen) atoms. The van der Waals surface area contributed by atoms with Gasteiger partial charge in [-0.05, 0) is 41.8 Å². The second-order valence-electron chi connectivity index (χ2n) is 3.98. The van der Waals surface area contributed by atoms with E-state index in [0.29, 0.717) is 12.0 Å². The molecule has 0 heterocycles. The lowest BCUT2D eigenvalue weighted by Crippen LogP contribution is -1.97. The van der Waals surface area contributed by atoms with Crippen molar-refractivity contribution >= 4 is 23.2 Å². The van der Waals surface area contributed by atoms with Crippen LogP contribution in [-0.4, -0.2) is 0 Å². The standard InChI is InChI=1S/C14H10Cl2F2/c15-12-5-4-10(8-14(12)18)13(16)7-9-2-1-3-11(17)6-9/h1-6,8,13H,7H2. The molecular formula is C14H10Cl2F2. The van der Waals surface area contributed by atoms with Gasteiger partial charge in [0.1, 0.15) is 11.6 Å². The molecule has 2 aromatic carbocycles. The molecule has 0 aliphatic rings. The lowest BCUT2D eigenvalue weighted by molar-refractivity contribution is 0.622. The summed E-state index contributed by atoms with van der Waals surface area (Å²) >= 11 is 11.8. The van der Waals surface area contributed by atoms with Crippen LogP contribution < -0.4 is 0 Å². The monoisotopic (exact) mass is 286 g/mol. The zero-order valence-corrected chi connectivity index (χ0v) is 10.8. The van der Waals surface area contributed by atoms with Gasteiger partial charge < -0.3 is 0 Å². The van der Waals surface area contributed by atoms with E-state index in [9.17, 15) is 8.78 Å². The summed E-state index contributed by atoms with van der Waals surface area (Å²) in [5, 5.41) is -0.355. The van der Waals surface area contributed by atoms with Crippen LogP contribution in [0.2, 0.25) is 5.02 Å². The molecule has 1 atom stereocenters. The van der Waals surface area contributed by atoms with Gasteiger partial charge in [0.15, 0.2) is 0 Å².